The molecule has 0 spiro atoms. The van der Waals surface area contributed by atoms with E-state index in [9.17, 15) is 10.1 Å². The number of ether oxygens (including phenoxy) is 1. The molecule has 1 aromatic heterocycles. The minimum absolute atomic E-state index is 0.00962. The lowest BCUT2D eigenvalue weighted by atomic mass is 10.1. The molecular formula is C23H21N3O2S. The Morgan fingerprint density at radius 2 is 1.93 bits per heavy atom. The number of thiazole rings is 1. The molecule has 0 aliphatic carbocycles. The number of nitriles is 1. The van der Waals surface area contributed by atoms with E-state index in [0.717, 1.165) is 11.3 Å². The highest BCUT2D eigenvalue weighted by molar-refractivity contribution is 7.15. The van der Waals surface area contributed by atoms with Gasteiger partial charge >= 0.3 is 0 Å². The quantitative estimate of drug-likeness (QED) is 0.442. The van der Waals surface area contributed by atoms with Gasteiger partial charge in [-0.2, -0.15) is 5.26 Å². The van der Waals surface area contributed by atoms with Crippen LogP contribution >= 0.6 is 11.3 Å². The number of anilines is 1. The maximum atomic E-state index is 12.6. The largest absolute Gasteiger partial charge is 0.490 e. The molecule has 3 rings (SSSR count). The molecule has 0 bridgehead atoms. The monoisotopic (exact) mass is 403 g/mol. The van der Waals surface area contributed by atoms with Gasteiger partial charge in [0, 0.05) is 23.1 Å². The third-order valence-electron chi connectivity index (χ3n) is 3.94. The zero-order valence-electron chi connectivity index (χ0n) is 16.3. The van der Waals surface area contributed by atoms with Crippen LogP contribution in [0, 0.1) is 11.3 Å². The molecule has 6 heteroatoms. The molecule has 1 heterocycles. The molecule has 0 fully saturated rings. The van der Waals surface area contributed by atoms with Crippen molar-refractivity contribution in [3.63, 3.8) is 0 Å². The molecule has 0 radical (unpaired) electrons. The van der Waals surface area contributed by atoms with E-state index < -0.39 is 5.91 Å². The number of para-hydroxylation sites is 1. The minimum atomic E-state index is -0.493. The molecule has 0 saturated carbocycles. The van der Waals surface area contributed by atoms with Crippen molar-refractivity contribution in [3.05, 3.63) is 82.4 Å². The Balaban J connectivity index is 1.73. The van der Waals surface area contributed by atoms with Gasteiger partial charge in [0.1, 0.15) is 17.4 Å². The summed E-state index contributed by atoms with van der Waals surface area (Å²) >= 11 is 1.40. The van der Waals surface area contributed by atoms with Gasteiger partial charge in [0.2, 0.25) is 0 Å². The zero-order valence-corrected chi connectivity index (χ0v) is 17.1. The van der Waals surface area contributed by atoms with Gasteiger partial charge in [-0.25, -0.2) is 4.98 Å². The SMILES string of the molecule is CC(C)Oc1ccccc1C=C(C#N)C(=O)Nc1ncc(Cc2ccccc2)s1. The first-order chi connectivity index (χ1) is 14.0. The van der Waals surface area contributed by atoms with Crippen molar-refractivity contribution in [2.45, 2.75) is 26.4 Å². The number of benzene rings is 2. The fraction of sp³-hybridized carbons (Fsp3) is 0.174. The van der Waals surface area contributed by atoms with Crippen LogP contribution in [-0.4, -0.2) is 17.0 Å². The highest BCUT2D eigenvalue weighted by Gasteiger charge is 2.14. The van der Waals surface area contributed by atoms with Gasteiger partial charge < -0.3 is 4.74 Å². The predicted molar refractivity (Wildman–Crippen MR) is 116 cm³/mol. The number of nitrogens with zero attached hydrogens (tertiary/aromatic N) is 2. The highest BCUT2D eigenvalue weighted by Crippen LogP contribution is 2.24. The molecular weight excluding hydrogens is 382 g/mol. The second kappa shape index (κ2) is 9.67. The number of nitrogens with one attached hydrogen (secondary N) is 1. The predicted octanol–water partition coefficient (Wildman–Crippen LogP) is 5.07. The van der Waals surface area contributed by atoms with E-state index in [1.165, 1.54) is 23.0 Å². The summed E-state index contributed by atoms with van der Waals surface area (Å²) in [5, 5.41) is 12.7. The Hall–Kier alpha value is -3.43. The fourth-order valence-electron chi connectivity index (χ4n) is 2.67. The average molecular weight is 404 g/mol. The van der Waals surface area contributed by atoms with Crippen LogP contribution in [0.25, 0.3) is 6.08 Å². The molecule has 2 aromatic carbocycles. The molecule has 1 amide bonds. The van der Waals surface area contributed by atoms with E-state index in [1.54, 1.807) is 6.20 Å². The van der Waals surface area contributed by atoms with Crippen molar-refractivity contribution in [1.29, 1.82) is 5.26 Å². The number of rotatable bonds is 7. The Kier molecular flexibility index (Phi) is 6.77. The molecule has 5 nitrogen and oxygen atoms in total. The third kappa shape index (κ3) is 5.77. The number of carbonyl (C=O) groups excluding carboxylic acids is 1. The summed E-state index contributed by atoms with van der Waals surface area (Å²) in [4.78, 5) is 17.9. The van der Waals surface area contributed by atoms with Crippen molar-refractivity contribution in [3.8, 4) is 11.8 Å². The van der Waals surface area contributed by atoms with Gasteiger partial charge in [-0.05, 0) is 31.6 Å². The van der Waals surface area contributed by atoms with Gasteiger partial charge in [-0.1, -0.05) is 48.5 Å². The summed E-state index contributed by atoms with van der Waals surface area (Å²) in [6.07, 6.45) is 4.01. The van der Waals surface area contributed by atoms with Gasteiger partial charge in [-0.15, -0.1) is 11.3 Å². The van der Waals surface area contributed by atoms with Crippen molar-refractivity contribution >= 4 is 28.5 Å². The van der Waals surface area contributed by atoms with E-state index in [0.29, 0.717) is 16.4 Å². The number of amides is 1. The lowest BCUT2D eigenvalue weighted by Crippen LogP contribution is -2.13. The van der Waals surface area contributed by atoms with Crippen LogP contribution in [0.15, 0.2) is 66.4 Å². The summed E-state index contributed by atoms with van der Waals surface area (Å²) in [5.41, 5.74) is 1.84. The third-order valence-corrected chi connectivity index (χ3v) is 4.85. The van der Waals surface area contributed by atoms with E-state index in [2.05, 4.69) is 10.3 Å². The van der Waals surface area contributed by atoms with E-state index >= 15 is 0 Å². The highest BCUT2D eigenvalue weighted by atomic mass is 32.1. The lowest BCUT2D eigenvalue weighted by molar-refractivity contribution is -0.112. The van der Waals surface area contributed by atoms with Crippen LogP contribution < -0.4 is 10.1 Å². The maximum absolute atomic E-state index is 12.6. The number of hydrogen-bond acceptors (Lipinski definition) is 5. The molecule has 3 aromatic rings. The Morgan fingerprint density at radius 1 is 1.21 bits per heavy atom. The van der Waals surface area contributed by atoms with Crippen molar-refractivity contribution in [2.75, 3.05) is 5.32 Å². The molecule has 1 N–H and O–H groups in total. The lowest BCUT2D eigenvalue weighted by Gasteiger charge is -2.12. The topological polar surface area (TPSA) is 75.0 Å². The van der Waals surface area contributed by atoms with E-state index in [1.807, 2.05) is 74.5 Å². The average Bonchev–Trinajstić information content (AvgIpc) is 3.14. The fourth-order valence-corrected chi connectivity index (χ4v) is 3.52. The first-order valence-corrected chi connectivity index (χ1v) is 10.0. The normalized spacial score (nSPS) is 11.2. The summed E-state index contributed by atoms with van der Waals surface area (Å²) in [7, 11) is 0. The van der Waals surface area contributed by atoms with Crippen molar-refractivity contribution < 1.29 is 9.53 Å². The van der Waals surface area contributed by atoms with Crippen LogP contribution in [0.1, 0.15) is 29.9 Å². The first kappa shape index (κ1) is 20.3. The zero-order chi connectivity index (χ0) is 20.6. The molecule has 29 heavy (non-hydrogen) atoms. The molecule has 0 saturated heterocycles. The molecule has 0 atom stereocenters. The van der Waals surface area contributed by atoms with Gasteiger partial charge in [0.05, 0.1) is 6.10 Å². The standard InChI is InChI=1S/C23H21N3O2S/c1-16(2)28-21-11-7-6-10-18(21)13-19(14-24)22(27)26-23-25-15-20(29-23)12-17-8-4-3-5-9-17/h3-11,13,15-16H,12H2,1-2H3,(H,25,26,27). The summed E-state index contributed by atoms with van der Waals surface area (Å²) < 4.78 is 5.75. The maximum Gasteiger partial charge on any atom is 0.268 e. The molecule has 0 aliphatic rings. The minimum Gasteiger partial charge on any atom is -0.490 e. The van der Waals surface area contributed by atoms with Crippen molar-refractivity contribution in [2.24, 2.45) is 0 Å². The first-order valence-electron chi connectivity index (χ1n) is 9.22. The Bertz CT molecular complexity index is 1050. The van der Waals surface area contributed by atoms with Crippen LogP contribution in [0.5, 0.6) is 5.75 Å². The smallest absolute Gasteiger partial charge is 0.268 e. The van der Waals surface area contributed by atoms with Crippen LogP contribution in [-0.2, 0) is 11.2 Å². The summed E-state index contributed by atoms with van der Waals surface area (Å²) in [5.74, 6) is 0.134. The van der Waals surface area contributed by atoms with E-state index in [-0.39, 0.29) is 11.7 Å². The molecule has 146 valence electrons. The van der Waals surface area contributed by atoms with Gasteiger partial charge in [0.25, 0.3) is 5.91 Å². The number of carbonyl (C=O) groups is 1. The van der Waals surface area contributed by atoms with E-state index in [4.69, 9.17) is 4.74 Å². The number of aromatic nitrogens is 1. The molecule has 0 unspecified atom stereocenters. The van der Waals surface area contributed by atoms with Crippen LogP contribution in [0.2, 0.25) is 0 Å². The second-order valence-corrected chi connectivity index (χ2v) is 7.74. The number of hydrogen-bond donors (Lipinski definition) is 1. The van der Waals surface area contributed by atoms with Crippen molar-refractivity contribution in [1.82, 2.24) is 4.98 Å². The Labute approximate surface area is 174 Å². The summed E-state index contributed by atoms with van der Waals surface area (Å²) in [6.45, 7) is 3.85. The summed E-state index contributed by atoms with van der Waals surface area (Å²) in [6, 6.07) is 19.3. The van der Waals surface area contributed by atoms with Crippen LogP contribution in [0.3, 0.4) is 0 Å². The van der Waals surface area contributed by atoms with Crippen LogP contribution in [0.4, 0.5) is 5.13 Å². The van der Waals surface area contributed by atoms with Gasteiger partial charge in [-0.3, -0.25) is 10.1 Å². The molecule has 0 aliphatic heterocycles. The second-order valence-electron chi connectivity index (χ2n) is 6.62. The van der Waals surface area contributed by atoms with Gasteiger partial charge in [0.15, 0.2) is 5.13 Å². The Morgan fingerprint density at radius 3 is 2.66 bits per heavy atom.